The van der Waals surface area contributed by atoms with Crippen LogP contribution in [0.15, 0.2) is 24.3 Å². The third kappa shape index (κ3) is 2.86. The van der Waals surface area contributed by atoms with Crippen LogP contribution >= 0.6 is 0 Å². The van der Waals surface area contributed by atoms with Crippen molar-refractivity contribution in [3.8, 4) is 11.5 Å². The largest absolute Gasteiger partial charge is 0.508 e. The van der Waals surface area contributed by atoms with Crippen LogP contribution in [0.5, 0.6) is 11.5 Å². The minimum absolute atomic E-state index is 0.0782. The Morgan fingerprint density at radius 3 is 1.38 bits per heavy atom. The van der Waals surface area contributed by atoms with Crippen LogP contribution in [0.1, 0.15) is 33.4 Å². The van der Waals surface area contributed by atoms with Crippen molar-refractivity contribution in [3.63, 3.8) is 0 Å². The summed E-state index contributed by atoms with van der Waals surface area (Å²) in [5, 5.41) is 39.2. The highest BCUT2D eigenvalue weighted by molar-refractivity contribution is 5.51. The summed E-state index contributed by atoms with van der Waals surface area (Å²) in [7, 11) is 0. The summed E-state index contributed by atoms with van der Waals surface area (Å²) in [5.41, 5.74) is 4.21. The van der Waals surface area contributed by atoms with Gasteiger partial charge in [0.15, 0.2) is 0 Å². The van der Waals surface area contributed by atoms with E-state index in [-0.39, 0.29) is 31.1 Å². The highest BCUT2D eigenvalue weighted by Crippen LogP contribution is 2.32. The number of rotatable bonds is 4. The average Bonchev–Trinajstić information content (AvgIpc) is 2.47. The number of aromatic hydroxyl groups is 2. The summed E-state index contributed by atoms with van der Waals surface area (Å²) in [4.78, 5) is 0. The molecule has 0 unspecified atom stereocenters. The SMILES string of the molecule is Cc1ccc(O)c(Cc2c(O)ccc(C)c2CO)c1CO. The molecule has 0 aromatic heterocycles. The van der Waals surface area contributed by atoms with Crippen molar-refractivity contribution in [2.45, 2.75) is 33.5 Å². The molecule has 0 aliphatic carbocycles. The van der Waals surface area contributed by atoms with Crippen molar-refractivity contribution in [2.24, 2.45) is 0 Å². The lowest BCUT2D eigenvalue weighted by atomic mass is 9.91. The number of phenols is 2. The fourth-order valence-corrected chi connectivity index (χ4v) is 2.61. The summed E-state index contributed by atoms with van der Waals surface area (Å²) < 4.78 is 0. The summed E-state index contributed by atoms with van der Waals surface area (Å²) in [6.07, 6.45) is 0.257. The number of benzene rings is 2. The molecule has 21 heavy (non-hydrogen) atoms. The van der Waals surface area contributed by atoms with Crippen molar-refractivity contribution in [2.75, 3.05) is 0 Å². The van der Waals surface area contributed by atoms with E-state index in [0.717, 1.165) is 11.1 Å². The third-order valence-electron chi connectivity index (χ3n) is 3.95. The molecule has 0 saturated heterocycles. The van der Waals surface area contributed by atoms with Gasteiger partial charge >= 0.3 is 0 Å². The molecule has 0 fully saturated rings. The van der Waals surface area contributed by atoms with Crippen LogP contribution in [-0.4, -0.2) is 20.4 Å². The van der Waals surface area contributed by atoms with Gasteiger partial charge in [-0.2, -0.15) is 0 Å². The van der Waals surface area contributed by atoms with E-state index >= 15 is 0 Å². The fraction of sp³-hybridized carbons (Fsp3) is 0.294. The van der Waals surface area contributed by atoms with Gasteiger partial charge in [-0.3, -0.25) is 0 Å². The molecule has 0 radical (unpaired) electrons. The zero-order valence-corrected chi connectivity index (χ0v) is 12.2. The van der Waals surface area contributed by atoms with E-state index in [2.05, 4.69) is 0 Å². The second-order valence-electron chi connectivity index (χ2n) is 5.21. The van der Waals surface area contributed by atoms with Crippen molar-refractivity contribution >= 4 is 0 Å². The smallest absolute Gasteiger partial charge is 0.119 e. The van der Waals surface area contributed by atoms with Crippen molar-refractivity contribution in [3.05, 3.63) is 57.6 Å². The maximum absolute atomic E-state index is 10.1. The first kappa shape index (κ1) is 15.4. The Bertz CT molecular complexity index is 605. The molecule has 2 rings (SSSR count). The van der Waals surface area contributed by atoms with Gasteiger partial charge in [-0.05, 0) is 48.2 Å². The summed E-state index contributed by atoms with van der Waals surface area (Å²) in [6.45, 7) is 3.35. The molecule has 2 aromatic rings. The first-order valence-electron chi connectivity index (χ1n) is 6.82. The maximum atomic E-state index is 10.1. The number of aliphatic hydroxyl groups is 2. The number of phenolic OH excluding ortho intramolecular Hbond substituents is 2. The second kappa shape index (κ2) is 6.16. The molecule has 4 nitrogen and oxygen atoms in total. The molecule has 0 amide bonds. The molecule has 4 heteroatoms. The topological polar surface area (TPSA) is 80.9 Å². The lowest BCUT2D eigenvalue weighted by molar-refractivity contribution is 0.277. The monoisotopic (exact) mass is 288 g/mol. The molecule has 4 N–H and O–H groups in total. The third-order valence-corrected chi connectivity index (χ3v) is 3.95. The van der Waals surface area contributed by atoms with Crippen LogP contribution in [0.4, 0.5) is 0 Å². The van der Waals surface area contributed by atoms with Gasteiger partial charge in [0.2, 0.25) is 0 Å². The van der Waals surface area contributed by atoms with Crippen LogP contribution in [0.3, 0.4) is 0 Å². The molecule has 2 aromatic carbocycles. The van der Waals surface area contributed by atoms with E-state index in [1.165, 1.54) is 0 Å². The van der Waals surface area contributed by atoms with Gasteiger partial charge < -0.3 is 20.4 Å². The molecule has 0 atom stereocenters. The molecule has 0 spiro atoms. The predicted molar refractivity (Wildman–Crippen MR) is 80.3 cm³/mol. The summed E-state index contributed by atoms with van der Waals surface area (Å²) >= 11 is 0. The van der Waals surface area contributed by atoms with Crippen molar-refractivity contribution in [1.29, 1.82) is 0 Å². The highest BCUT2D eigenvalue weighted by atomic mass is 16.3. The number of aryl methyl sites for hydroxylation is 2. The summed E-state index contributed by atoms with van der Waals surface area (Å²) in [5.74, 6) is 0.156. The Morgan fingerprint density at radius 1 is 0.667 bits per heavy atom. The van der Waals surface area contributed by atoms with E-state index in [9.17, 15) is 20.4 Å². The minimum atomic E-state index is -0.184. The van der Waals surface area contributed by atoms with Gasteiger partial charge in [0.1, 0.15) is 11.5 Å². The van der Waals surface area contributed by atoms with Crippen LogP contribution in [0.2, 0.25) is 0 Å². The van der Waals surface area contributed by atoms with Gasteiger partial charge in [-0.15, -0.1) is 0 Å². The van der Waals surface area contributed by atoms with E-state index < -0.39 is 0 Å². The minimum Gasteiger partial charge on any atom is -0.508 e. The van der Waals surface area contributed by atoms with Gasteiger partial charge in [-0.25, -0.2) is 0 Å². The van der Waals surface area contributed by atoms with Crippen LogP contribution in [0.25, 0.3) is 0 Å². The van der Waals surface area contributed by atoms with Gasteiger partial charge in [0, 0.05) is 17.5 Å². The molecule has 112 valence electrons. The first-order chi connectivity index (χ1) is 9.99. The molecule has 0 heterocycles. The Morgan fingerprint density at radius 2 is 1.05 bits per heavy atom. The lowest BCUT2D eigenvalue weighted by Crippen LogP contribution is -2.03. The lowest BCUT2D eigenvalue weighted by Gasteiger charge is -2.17. The predicted octanol–water partition coefficient (Wildman–Crippen LogP) is 2.29. The average molecular weight is 288 g/mol. The van der Waals surface area contributed by atoms with Crippen molar-refractivity contribution in [1.82, 2.24) is 0 Å². The zero-order chi connectivity index (χ0) is 15.6. The molecular weight excluding hydrogens is 268 g/mol. The highest BCUT2D eigenvalue weighted by Gasteiger charge is 2.16. The van der Waals surface area contributed by atoms with Gasteiger partial charge in [0.05, 0.1) is 13.2 Å². The Kier molecular flexibility index (Phi) is 4.50. The van der Waals surface area contributed by atoms with E-state index in [4.69, 9.17) is 0 Å². The number of hydrogen-bond acceptors (Lipinski definition) is 4. The number of aliphatic hydroxyl groups excluding tert-OH is 2. The summed E-state index contributed by atoms with van der Waals surface area (Å²) in [6, 6.07) is 6.64. The normalized spacial score (nSPS) is 10.9. The molecule has 0 aliphatic heterocycles. The van der Waals surface area contributed by atoms with E-state index in [1.54, 1.807) is 24.3 Å². The van der Waals surface area contributed by atoms with Crippen LogP contribution < -0.4 is 0 Å². The van der Waals surface area contributed by atoms with E-state index in [1.807, 2.05) is 13.8 Å². The van der Waals surface area contributed by atoms with Crippen LogP contribution in [0, 0.1) is 13.8 Å². The molecule has 0 aliphatic rings. The quantitative estimate of drug-likeness (QED) is 0.696. The Hall–Kier alpha value is -2.04. The second-order valence-corrected chi connectivity index (χ2v) is 5.21. The maximum Gasteiger partial charge on any atom is 0.119 e. The fourth-order valence-electron chi connectivity index (χ4n) is 2.61. The molecular formula is C17H20O4. The molecule has 0 bridgehead atoms. The Balaban J connectivity index is 2.58. The first-order valence-corrected chi connectivity index (χ1v) is 6.82. The zero-order valence-electron chi connectivity index (χ0n) is 12.2. The standard InChI is InChI=1S/C17H20O4/c1-10-3-5-16(20)12(14(10)8-18)7-13-15(9-19)11(2)4-6-17(13)21/h3-6,18-21H,7-9H2,1-2H3. The van der Waals surface area contributed by atoms with Gasteiger partial charge in [-0.1, -0.05) is 12.1 Å². The van der Waals surface area contributed by atoms with E-state index in [0.29, 0.717) is 22.3 Å². The Labute approximate surface area is 123 Å². The number of hydrogen-bond donors (Lipinski definition) is 4. The van der Waals surface area contributed by atoms with Crippen molar-refractivity contribution < 1.29 is 20.4 Å². The van der Waals surface area contributed by atoms with Crippen LogP contribution in [-0.2, 0) is 19.6 Å². The molecule has 0 saturated carbocycles. The van der Waals surface area contributed by atoms with Gasteiger partial charge in [0.25, 0.3) is 0 Å².